The molecule has 1 heterocycles. The van der Waals surface area contributed by atoms with Gasteiger partial charge in [0.2, 0.25) is 0 Å². The predicted octanol–water partition coefficient (Wildman–Crippen LogP) is 4.41. The lowest BCUT2D eigenvalue weighted by Gasteiger charge is -2.35. The Morgan fingerprint density at radius 3 is 2.65 bits per heavy atom. The van der Waals surface area contributed by atoms with Crippen LogP contribution < -0.4 is 4.74 Å². The summed E-state index contributed by atoms with van der Waals surface area (Å²) in [7, 11) is 2.36. The fourth-order valence-corrected chi connectivity index (χ4v) is 4.72. The molecule has 2 nitrogen and oxygen atoms in total. The second-order valence-corrected chi connectivity index (χ2v) is 7.67. The predicted molar refractivity (Wildman–Crippen MR) is 97.9 cm³/mol. The van der Waals surface area contributed by atoms with Gasteiger partial charge in [-0.15, -0.1) is 12.4 Å². The first kappa shape index (κ1) is 17.1. The van der Waals surface area contributed by atoms with Crippen molar-refractivity contribution in [3.05, 3.63) is 28.8 Å². The van der Waals surface area contributed by atoms with Crippen molar-refractivity contribution in [3.63, 3.8) is 0 Å². The van der Waals surface area contributed by atoms with Crippen LogP contribution in [0.5, 0.6) is 5.75 Å². The maximum absolute atomic E-state index is 5.77. The van der Waals surface area contributed by atoms with E-state index in [1.54, 1.807) is 11.1 Å². The molecule has 0 bridgehead atoms. The number of nitrogens with zero attached hydrogens (tertiary/aromatic N) is 1. The van der Waals surface area contributed by atoms with E-state index in [1.165, 1.54) is 63.5 Å². The van der Waals surface area contributed by atoms with Crippen LogP contribution in [0.15, 0.2) is 12.1 Å². The lowest BCUT2D eigenvalue weighted by Crippen LogP contribution is -2.39. The molecule has 1 fully saturated rings. The third kappa shape index (κ3) is 3.69. The van der Waals surface area contributed by atoms with Gasteiger partial charge in [-0.05, 0) is 67.8 Å². The summed E-state index contributed by atoms with van der Waals surface area (Å²) < 4.78 is 5.77. The molecule has 0 spiro atoms. The second kappa shape index (κ2) is 7.44. The highest BCUT2D eigenvalue weighted by Crippen LogP contribution is 2.34. The number of ether oxygens (including phenoxy) is 1. The SMILES string of the molecule is CN(CC1CCCCC1)C1CCc2cc3c(cc2C1)OCC3.Cl. The van der Waals surface area contributed by atoms with Crippen molar-refractivity contribution in [1.82, 2.24) is 4.90 Å². The molecule has 0 radical (unpaired) electrons. The van der Waals surface area contributed by atoms with E-state index in [9.17, 15) is 0 Å². The van der Waals surface area contributed by atoms with E-state index in [4.69, 9.17) is 4.74 Å². The molecule has 128 valence electrons. The first-order valence-electron chi connectivity index (χ1n) is 9.27. The van der Waals surface area contributed by atoms with E-state index in [-0.39, 0.29) is 12.4 Å². The molecule has 3 heteroatoms. The number of rotatable bonds is 3. The van der Waals surface area contributed by atoms with Gasteiger partial charge in [0.1, 0.15) is 5.75 Å². The number of halogens is 1. The van der Waals surface area contributed by atoms with Crippen LogP contribution in [-0.2, 0) is 19.3 Å². The van der Waals surface area contributed by atoms with Crippen LogP contribution in [0.1, 0.15) is 55.2 Å². The van der Waals surface area contributed by atoms with E-state index in [0.717, 1.165) is 30.7 Å². The van der Waals surface area contributed by atoms with Gasteiger partial charge in [-0.25, -0.2) is 0 Å². The molecule has 1 saturated carbocycles. The Morgan fingerprint density at radius 2 is 1.83 bits per heavy atom. The molecule has 1 aromatic rings. The normalized spacial score (nSPS) is 23.8. The molecule has 1 atom stereocenters. The number of likely N-dealkylation sites (N-methyl/N-ethyl adjacent to an activating group) is 1. The molecule has 1 aliphatic heterocycles. The fourth-order valence-electron chi connectivity index (χ4n) is 4.72. The summed E-state index contributed by atoms with van der Waals surface area (Å²) in [4.78, 5) is 2.66. The lowest BCUT2D eigenvalue weighted by atomic mass is 9.84. The zero-order chi connectivity index (χ0) is 14.9. The Balaban J connectivity index is 0.00000156. The maximum atomic E-state index is 5.77. The molecule has 23 heavy (non-hydrogen) atoms. The molecule has 1 aromatic carbocycles. The van der Waals surface area contributed by atoms with Crippen molar-refractivity contribution in [2.24, 2.45) is 5.92 Å². The van der Waals surface area contributed by atoms with Crippen molar-refractivity contribution >= 4 is 12.4 Å². The van der Waals surface area contributed by atoms with Gasteiger partial charge in [-0.1, -0.05) is 25.3 Å². The number of fused-ring (bicyclic) bond motifs is 2. The molecule has 3 aliphatic rings. The summed E-state index contributed by atoms with van der Waals surface area (Å²) in [5.41, 5.74) is 4.58. The number of aryl methyl sites for hydroxylation is 1. The third-order valence-corrected chi connectivity index (χ3v) is 6.11. The van der Waals surface area contributed by atoms with Crippen LogP contribution in [0.2, 0.25) is 0 Å². The first-order valence-corrected chi connectivity index (χ1v) is 9.27. The monoisotopic (exact) mass is 335 g/mol. The molecule has 2 aliphatic carbocycles. The van der Waals surface area contributed by atoms with Crippen LogP contribution in [0, 0.1) is 5.92 Å². The molecule has 0 N–H and O–H groups in total. The highest BCUT2D eigenvalue weighted by atomic mass is 35.5. The Morgan fingerprint density at radius 1 is 1.00 bits per heavy atom. The number of benzene rings is 1. The summed E-state index contributed by atoms with van der Waals surface area (Å²) >= 11 is 0. The first-order chi connectivity index (χ1) is 10.8. The summed E-state index contributed by atoms with van der Waals surface area (Å²) in [6.45, 7) is 2.19. The molecular weight excluding hydrogens is 306 g/mol. The minimum Gasteiger partial charge on any atom is -0.493 e. The van der Waals surface area contributed by atoms with Crippen molar-refractivity contribution in [2.75, 3.05) is 20.2 Å². The average Bonchev–Trinajstić information content (AvgIpc) is 3.00. The van der Waals surface area contributed by atoms with Crippen LogP contribution in [0.25, 0.3) is 0 Å². The minimum atomic E-state index is 0. The van der Waals surface area contributed by atoms with E-state index in [1.807, 2.05) is 0 Å². The van der Waals surface area contributed by atoms with Crippen molar-refractivity contribution in [2.45, 2.75) is 63.8 Å². The van der Waals surface area contributed by atoms with Gasteiger partial charge in [-0.3, -0.25) is 0 Å². The highest BCUT2D eigenvalue weighted by Gasteiger charge is 2.26. The molecule has 4 rings (SSSR count). The lowest BCUT2D eigenvalue weighted by molar-refractivity contribution is 0.169. The van der Waals surface area contributed by atoms with Crippen LogP contribution >= 0.6 is 12.4 Å². The maximum Gasteiger partial charge on any atom is 0.122 e. The van der Waals surface area contributed by atoms with Crippen molar-refractivity contribution < 1.29 is 4.74 Å². The van der Waals surface area contributed by atoms with Gasteiger partial charge in [0.25, 0.3) is 0 Å². The van der Waals surface area contributed by atoms with E-state index in [2.05, 4.69) is 24.1 Å². The average molecular weight is 336 g/mol. The Labute approximate surface area is 147 Å². The zero-order valence-corrected chi connectivity index (χ0v) is 15.2. The van der Waals surface area contributed by atoms with E-state index >= 15 is 0 Å². The number of hydrogen-bond acceptors (Lipinski definition) is 2. The summed E-state index contributed by atoms with van der Waals surface area (Å²) in [5.74, 6) is 2.11. The Hall–Kier alpha value is -0.730. The quantitative estimate of drug-likeness (QED) is 0.811. The summed E-state index contributed by atoms with van der Waals surface area (Å²) in [6, 6.07) is 5.50. The van der Waals surface area contributed by atoms with Crippen LogP contribution in [-0.4, -0.2) is 31.1 Å². The zero-order valence-electron chi connectivity index (χ0n) is 14.4. The van der Waals surface area contributed by atoms with Gasteiger partial charge >= 0.3 is 0 Å². The summed E-state index contributed by atoms with van der Waals surface area (Å²) in [6.07, 6.45) is 12.2. The van der Waals surface area contributed by atoms with Gasteiger partial charge < -0.3 is 9.64 Å². The van der Waals surface area contributed by atoms with Gasteiger partial charge in [0.15, 0.2) is 0 Å². The molecule has 0 saturated heterocycles. The molecule has 1 unspecified atom stereocenters. The van der Waals surface area contributed by atoms with Gasteiger partial charge in [0.05, 0.1) is 6.61 Å². The van der Waals surface area contributed by atoms with E-state index < -0.39 is 0 Å². The largest absolute Gasteiger partial charge is 0.493 e. The minimum absolute atomic E-state index is 0. The van der Waals surface area contributed by atoms with Gasteiger partial charge in [0, 0.05) is 19.0 Å². The molecular formula is C20H30ClNO. The molecule has 0 aromatic heterocycles. The fraction of sp³-hybridized carbons (Fsp3) is 0.700. The smallest absolute Gasteiger partial charge is 0.122 e. The summed E-state index contributed by atoms with van der Waals surface area (Å²) in [5, 5.41) is 0. The van der Waals surface area contributed by atoms with Crippen LogP contribution in [0.4, 0.5) is 0 Å². The van der Waals surface area contributed by atoms with Crippen LogP contribution in [0.3, 0.4) is 0 Å². The number of hydrogen-bond donors (Lipinski definition) is 0. The highest BCUT2D eigenvalue weighted by molar-refractivity contribution is 5.85. The third-order valence-electron chi connectivity index (χ3n) is 6.11. The Bertz CT molecular complexity index is 539. The second-order valence-electron chi connectivity index (χ2n) is 7.67. The van der Waals surface area contributed by atoms with Crippen molar-refractivity contribution in [3.8, 4) is 5.75 Å². The standard InChI is InChI=1S/C20H29NO.ClH/c1-21(14-15-5-3-2-4-6-15)19-8-7-16-11-17-9-10-22-20(17)13-18(16)12-19;/h11,13,15,19H,2-10,12,14H2,1H3;1H. The van der Waals surface area contributed by atoms with Gasteiger partial charge in [-0.2, -0.15) is 0 Å². The van der Waals surface area contributed by atoms with Crippen molar-refractivity contribution in [1.29, 1.82) is 0 Å². The molecule has 0 amide bonds. The Kier molecular flexibility index (Phi) is 5.53. The van der Waals surface area contributed by atoms with E-state index in [0.29, 0.717) is 0 Å². The topological polar surface area (TPSA) is 12.5 Å².